The van der Waals surface area contributed by atoms with E-state index in [1.165, 1.54) is 6.07 Å². The van der Waals surface area contributed by atoms with Gasteiger partial charge in [0.15, 0.2) is 11.6 Å². The second-order valence-electron chi connectivity index (χ2n) is 5.29. The van der Waals surface area contributed by atoms with Gasteiger partial charge in [-0.3, -0.25) is 4.79 Å². The van der Waals surface area contributed by atoms with Crippen LogP contribution in [0, 0.1) is 11.6 Å². The van der Waals surface area contributed by atoms with Crippen LogP contribution in [0.5, 0.6) is 0 Å². The van der Waals surface area contributed by atoms with Gasteiger partial charge >= 0.3 is 0 Å². The summed E-state index contributed by atoms with van der Waals surface area (Å²) < 4.78 is 25.9. The number of rotatable bonds is 7. The highest BCUT2D eigenvalue weighted by Crippen LogP contribution is 2.19. The van der Waals surface area contributed by atoms with E-state index in [4.69, 9.17) is 0 Å². The fourth-order valence-electron chi connectivity index (χ4n) is 1.99. The van der Waals surface area contributed by atoms with Crippen molar-refractivity contribution in [3.8, 4) is 0 Å². The second-order valence-corrected chi connectivity index (χ2v) is 5.29. The topological polar surface area (TPSA) is 41.1 Å². The van der Waals surface area contributed by atoms with Crippen molar-refractivity contribution in [3.63, 3.8) is 0 Å². The standard InChI is InChI=1S/C15H20F2N2O/c1-10(11-4-7-13(16)14(17)9-11)18-8-2-3-15(20)19-12-5-6-12/h4,7,9-10,12,18H,2-3,5-6,8H2,1H3,(H,19,20). The molecule has 2 rings (SSSR count). The van der Waals surface area contributed by atoms with Crippen LogP contribution in [0.25, 0.3) is 0 Å². The Kier molecular flexibility index (Phi) is 5.06. The maximum Gasteiger partial charge on any atom is 0.220 e. The minimum Gasteiger partial charge on any atom is -0.353 e. The predicted octanol–water partition coefficient (Wildman–Crippen LogP) is 2.67. The van der Waals surface area contributed by atoms with Gasteiger partial charge in [-0.2, -0.15) is 0 Å². The summed E-state index contributed by atoms with van der Waals surface area (Å²) in [5, 5.41) is 6.13. The van der Waals surface area contributed by atoms with E-state index in [-0.39, 0.29) is 11.9 Å². The largest absolute Gasteiger partial charge is 0.353 e. The van der Waals surface area contributed by atoms with Gasteiger partial charge in [-0.15, -0.1) is 0 Å². The molecule has 0 saturated heterocycles. The summed E-state index contributed by atoms with van der Waals surface area (Å²) in [5.41, 5.74) is 0.700. The molecule has 1 aliphatic rings. The van der Waals surface area contributed by atoms with E-state index in [0.717, 1.165) is 25.3 Å². The average Bonchev–Trinajstić information content (AvgIpc) is 3.21. The van der Waals surface area contributed by atoms with Gasteiger partial charge in [-0.05, 0) is 50.4 Å². The molecule has 110 valence electrons. The van der Waals surface area contributed by atoms with Gasteiger partial charge in [0.2, 0.25) is 5.91 Å². The van der Waals surface area contributed by atoms with Gasteiger partial charge in [0.05, 0.1) is 0 Å². The maximum absolute atomic E-state index is 13.1. The summed E-state index contributed by atoms with van der Waals surface area (Å²) >= 11 is 0. The molecule has 0 aromatic heterocycles. The highest BCUT2D eigenvalue weighted by molar-refractivity contribution is 5.76. The molecule has 1 unspecified atom stereocenters. The maximum atomic E-state index is 13.1. The van der Waals surface area contributed by atoms with Crippen LogP contribution >= 0.6 is 0 Å². The molecule has 20 heavy (non-hydrogen) atoms. The summed E-state index contributed by atoms with van der Waals surface area (Å²) in [6.07, 6.45) is 3.41. The van der Waals surface area contributed by atoms with Crippen LogP contribution in [0.4, 0.5) is 8.78 Å². The molecular formula is C15H20F2N2O. The Morgan fingerprint density at radius 3 is 2.75 bits per heavy atom. The van der Waals surface area contributed by atoms with Crippen LogP contribution in [-0.2, 0) is 4.79 Å². The molecule has 1 amide bonds. The SMILES string of the molecule is CC(NCCCC(=O)NC1CC1)c1ccc(F)c(F)c1. The van der Waals surface area contributed by atoms with E-state index >= 15 is 0 Å². The molecule has 3 nitrogen and oxygen atoms in total. The van der Waals surface area contributed by atoms with Crippen molar-refractivity contribution in [2.75, 3.05) is 6.54 Å². The van der Waals surface area contributed by atoms with Crippen molar-refractivity contribution in [2.45, 2.75) is 44.7 Å². The van der Waals surface area contributed by atoms with E-state index in [1.807, 2.05) is 6.92 Å². The zero-order valence-electron chi connectivity index (χ0n) is 11.6. The molecule has 1 saturated carbocycles. The van der Waals surface area contributed by atoms with Gasteiger partial charge in [0, 0.05) is 18.5 Å². The van der Waals surface area contributed by atoms with Crippen molar-refractivity contribution in [3.05, 3.63) is 35.4 Å². The molecule has 0 heterocycles. The first kappa shape index (κ1) is 14.9. The molecule has 0 bridgehead atoms. The fourth-order valence-corrected chi connectivity index (χ4v) is 1.99. The Morgan fingerprint density at radius 2 is 2.10 bits per heavy atom. The first-order valence-corrected chi connectivity index (χ1v) is 7.04. The minimum absolute atomic E-state index is 0.0726. The number of hydrogen-bond acceptors (Lipinski definition) is 2. The summed E-state index contributed by atoms with van der Waals surface area (Å²) in [7, 11) is 0. The van der Waals surface area contributed by atoms with Crippen LogP contribution in [0.3, 0.4) is 0 Å². The van der Waals surface area contributed by atoms with Gasteiger partial charge in [-0.25, -0.2) is 8.78 Å². The molecule has 1 aromatic carbocycles. The Hall–Kier alpha value is -1.49. The normalized spacial score (nSPS) is 15.9. The Bertz CT molecular complexity index is 475. The molecule has 2 N–H and O–H groups in total. The highest BCUT2D eigenvalue weighted by atomic mass is 19.2. The second kappa shape index (κ2) is 6.79. The molecule has 0 radical (unpaired) electrons. The quantitative estimate of drug-likeness (QED) is 0.755. The predicted molar refractivity (Wildman–Crippen MR) is 73.2 cm³/mol. The zero-order chi connectivity index (χ0) is 14.5. The Labute approximate surface area is 117 Å². The molecule has 1 atom stereocenters. The fraction of sp³-hybridized carbons (Fsp3) is 0.533. The third-order valence-corrected chi connectivity index (χ3v) is 3.42. The molecular weight excluding hydrogens is 262 g/mol. The number of benzene rings is 1. The highest BCUT2D eigenvalue weighted by Gasteiger charge is 2.22. The van der Waals surface area contributed by atoms with Gasteiger partial charge in [0.1, 0.15) is 0 Å². The first-order valence-electron chi connectivity index (χ1n) is 7.04. The monoisotopic (exact) mass is 282 g/mol. The smallest absolute Gasteiger partial charge is 0.220 e. The zero-order valence-corrected chi connectivity index (χ0v) is 11.6. The summed E-state index contributed by atoms with van der Waals surface area (Å²) in [4.78, 5) is 11.5. The summed E-state index contributed by atoms with van der Waals surface area (Å²) in [6, 6.07) is 4.22. The van der Waals surface area contributed by atoms with Crippen LogP contribution < -0.4 is 10.6 Å². The number of amides is 1. The average molecular weight is 282 g/mol. The van der Waals surface area contributed by atoms with Crippen LogP contribution in [0.1, 0.15) is 44.2 Å². The van der Waals surface area contributed by atoms with Crippen molar-refractivity contribution in [1.29, 1.82) is 0 Å². The van der Waals surface area contributed by atoms with Crippen molar-refractivity contribution in [1.82, 2.24) is 10.6 Å². The van der Waals surface area contributed by atoms with Crippen molar-refractivity contribution < 1.29 is 13.6 Å². The van der Waals surface area contributed by atoms with Crippen LogP contribution in [0.2, 0.25) is 0 Å². The number of nitrogens with one attached hydrogen (secondary N) is 2. The number of halogens is 2. The van der Waals surface area contributed by atoms with Gasteiger partial charge < -0.3 is 10.6 Å². The number of hydrogen-bond donors (Lipinski definition) is 2. The Morgan fingerprint density at radius 1 is 1.35 bits per heavy atom. The third kappa shape index (κ3) is 4.56. The lowest BCUT2D eigenvalue weighted by molar-refractivity contribution is -0.121. The molecule has 1 fully saturated rings. The van der Waals surface area contributed by atoms with Crippen LogP contribution in [0.15, 0.2) is 18.2 Å². The molecule has 1 aromatic rings. The van der Waals surface area contributed by atoms with Crippen molar-refractivity contribution >= 4 is 5.91 Å². The summed E-state index contributed by atoms with van der Waals surface area (Å²) in [5.74, 6) is -1.58. The lowest BCUT2D eigenvalue weighted by Gasteiger charge is -2.14. The van der Waals surface area contributed by atoms with Gasteiger partial charge in [0.25, 0.3) is 0 Å². The summed E-state index contributed by atoms with van der Waals surface area (Å²) in [6.45, 7) is 2.55. The lowest BCUT2D eigenvalue weighted by Crippen LogP contribution is -2.27. The third-order valence-electron chi connectivity index (χ3n) is 3.42. The van der Waals surface area contributed by atoms with E-state index in [9.17, 15) is 13.6 Å². The van der Waals surface area contributed by atoms with E-state index in [0.29, 0.717) is 24.6 Å². The van der Waals surface area contributed by atoms with E-state index in [1.54, 1.807) is 6.07 Å². The van der Waals surface area contributed by atoms with Crippen LogP contribution in [-0.4, -0.2) is 18.5 Å². The van der Waals surface area contributed by atoms with E-state index < -0.39 is 11.6 Å². The Balaban J connectivity index is 1.67. The minimum atomic E-state index is -0.835. The number of carbonyl (C=O) groups is 1. The molecule has 0 spiro atoms. The lowest BCUT2D eigenvalue weighted by atomic mass is 10.1. The first-order chi connectivity index (χ1) is 9.56. The van der Waals surface area contributed by atoms with E-state index in [2.05, 4.69) is 10.6 Å². The van der Waals surface area contributed by atoms with Crippen molar-refractivity contribution in [2.24, 2.45) is 0 Å². The molecule has 5 heteroatoms. The molecule has 1 aliphatic carbocycles. The number of carbonyl (C=O) groups excluding carboxylic acids is 1. The van der Waals surface area contributed by atoms with Gasteiger partial charge in [-0.1, -0.05) is 6.07 Å². The molecule has 0 aliphatic heterocycles.